The number of hydrogen-bond acceptors (Lipinski definition) is 6. The molecule has 1 amide bonds. The maximum atomic E-state index is 13.2. The van der Waals surface area contributed by atoms with Crippen LogP contribution in [0.4, 0.5) is 23.2 Å². The van der Waals surface area contributed by atoms with Crippen LogP contribution in [0.15, 0.2) is 47.4 Å². The van der Waals surface area contributed by atoms with Crippen molar-refractivity contribution in [3.05, 3.63) is 59.4 Å². The Bertz CT molecular complexity index is 1190. The predicted octanol–water partition coefficient (Wildman–Crippen LogP) is 3.45. The Labute approximate surface area is 180 Å². The molecule has 1 atom stereocenters. The molecule has 0 saturated heterocycles. The molecule has 12 heteroatoms. The zero-order valence-corrected chi connectivity index (χ0v) is 17.5. The molecule has 0 aliphatic rings. The number of nitriles is 1. The van der Waals surface area contributed by atoms with Gasteiger partial charge in [0.15, 0.2) is 9.84 Å². The Morgan fingerprint density at radius 3 is 2.22 bits per heavy atom. The van der Waals surface area contributed by atoms with Crippen molar-refractivity contribution in [2.75, 3.05) is 11.1 Å². The molecule has 0 aromatic heterocycles. The van der Waals surface area contributed by atoms with E-state index >= 15 is 0 Å². The first-order chi connectivity index (χ1) is 14.7. The van der Waals surface area contributed by atoms with Crippen molar-refractivity contribution < 1.29 is 40.3 Å². The average Bonchev–Trinajstić information content (AvgIpc) is 2.66. The Morgan fingerprint density at radius 2 is 1.72 bits per heavy atom. The quantitative estimate of drug-likeness (QED) is 0.391. The Hall–Kier alpha value is -3.46. The topological polar surface area (TPSA) is 113 Å². The van der Waals surface area contributed by atoms with Gasteiger partial charge in [-0.25, -0.2) is 12.8 Å². The number of esters is 1. The first-order valence-electron chi connectivity index (χ1n) is 8.79. The smallest absolute Gasteiger partial charge is 0.417 e. The molecule has 0 fully saturated rings. The molecule has 0 saturated carbocycles. The fraction of sp³-hybridized carbons (Fsp3) is 0.250. The minimum atomic E-state index is -4.89. The van der Waals surface area contributed by atoms with Crippen LogP contribution < -0.4 is 5.32 Å². The predicted molar refractivity (Wildman–Crippen MR) is 103 cm³/mol. The second kappa shape index (κ2) is 8.96. The van der Waals surface area contributed by atoms with Gasteiger partial charge in [-0.05, 0) is 49.4 Å². The second-order valence-electron chi connectivity index (χ2n) is 6.86. The van der Waals surface area contributed by atoms with Gasteiger partial charge in [0.2, 0.25) is 5.60 Å². The van der Waals surface area contributed by atoms with E-state index in [0.717, 1.165) is 50.2 Å². The van der Waals surface area contributed by atoms with Gasteiger partial charge in [0.1, 0.15) is 11.6 Å². The van der Waals surface area contributed by atoms with E-state index in [2.05, 4.69) is 5.32 Å². The molecule has 2 aromatic rings. The normalized spacial score (nSPS) is 13.5. The molecule has 0 aliphatic carbocycles. The third-order valence-electron chi connectivity index (χ3n) is 4.19. The Kier molecular flexibility index (Phi) is 6.94. The van der Waals surface area contributed by atoms with Gasteiger partial charge in [0.25, 0.3) is 5.91 Å². The van der Waals surface area contributed by atoms with Gasteiger partial charge in [-0.3, -0.25) is 9.59 Å². The molecule has 2 aromatic carbocycles. The lowest BCUT2D eigenvalue weighted by atomic mass is 10.1. The maximum absolute atomic E-state index is 13.2. The van der Waals surface area contributed by atoms with Crippen molar-refractivity contribution in [2.45, 2.75) is 30.5 Å². The van der Waals surface area contributed by atoms with E-state index in [1.54, 1.807) is 0 Å². The van der Waals surface area contributed by atoms with Gasteiger partial charge in [0.05, 0.1) is 22.1 Å². The number of nitrogens with one attached hydrogen (secondary N) is 1. The van der Waals surface area contributed by atoms with Crippen molar-refractivity contribution in [3.63, 3.8) is 0 Å². The summed E-state index contributed by atoms with van der Waals surface area (Å²) in [6.45, 7) is 1.89. The van der Waals surface area contributed by atoms with Gasteiger partial charge >= 0.3 is 12.1 Å². The molecule has 1 unspecified atom stereocenters. The molecule has 2 rings (SSSR count). The van der Waals surface area contributed by atoms with Crippen molar-refractivity contribution in [1.29, 1.82) is 5.26 Å². The number of benzene rings is 2. The summed E-state index contributed by atoms with van der Waals surface area (Å²) in [6.07, 6.45) is -4.89. The maximum Gasteiger partial charge on any atom is 0.417 e. The summed E-state index contributed by atoms with van der Waals surface area (Å²) in [4.78, 5) is 24.0. The highest BCUT2D eigenvalue weighted by Gasteiger charge is 2.42. The highest BCUT2D eigenvalue weighted by atomic mass is 32.2. The summed E-state index contributed by atoms with van der Waals surface area (Å²) in [5.41, 5.74) is -4.74. The van der Waals surface area contributed by atoms with E-state index < -0.39 is 61.9 Å². The number of hydrogen-bond donors (Lipinski definition) is 1. The van der Waals surface area contributed by atoms with E-state index in [0.29, 0.717) is 6.07 Å². The average molecular weight is 472 g/mol. The molecular formula is C20H16F4N2O5S. The molecule has 0 aliphatic heterocycles. The van der Waals surface area contributed by atoms with E-state index in [-0.39, 0.29) is 4.90 Å². The second-order valence-corrected chi connectivity index (χ2v) is 8.85. The molecule has 1 N–H and O–H groups in total. The van der Waals surface area contributed by atoms with Crippen molar-refractivity contribution in [1.82, 2.24) is 0 Å². The number of rotatable bonds is 6. The van der Waals surface area contributed by atoms with Gasteiger partial charge in [-0.15, -0.1) is 0 Å². The summed E-state index contributed by atoms with van der Waals surface area (Å²) in [6, 6.07) is 7.39. The van der Waals surface area contributed by atoms with Crippen LogP contribution in [0.25, 0.3) is 0 Å². The van der Waals surface area contributed by atoms with Crippen molar-refractivity contribution >= 4 is 27.4 Å². The monoisotopic (exact) mass is 472 g/mol. The summed E-state index contributed by atoms with van der Waals surface area (Å²) in [5.74, 6) is -4.02. The van der Waals surface area contributed by atoms with Gasteiger partial charge < -0.3 is 10.1 Å². The lowest BCUT2D eigenvalue weighted by molar-refractivity contribution is -0.160. The molecule has 0 bridgehead atoms. The van der Waals surface area contributed by atoms with Gasteiger partial charge in [0, 0.05) is 12.6 Å². The zero-order chi connectivity index (χ0) is 24.3. The number of halogens is 4. The Balaban J connectivity index is 2.41. The molecule has 170 valence electrons. The number of carbonyl (C=O) groups excluding carboxylic acids is 2. The third-order valence-corrected chi connectivity index (χ3v) is 6.11. The fourth-order valence-corrected chi connectivity index (χ4v) is 4.40. The van der Waals surface area contributed by atoms with Crippen molar-refractivity contribution in [3.8, 4) is 6.07 Å². The lowest BCUT2D eigenvalue weighted by Crippen LogP contribution is -2.49. The van der Waals surface area contributed by atoms with E-state index in [9.17, 15) is 35.6 Å². The number of nitrogens with zero attached hydrogens (tertiary/aromatic N) is 1. The van der Waals surface area contributed by atoms with Crippen LogP contribution in [-0.2, 0) is 30.3 Å². The number of sulfone groups is 1. The fourth-order valence-electron chi connectivity index (χ4n) is 2.76. The highest BCUT2D eigenvalue weighted by Crippen LogP contribution is 2.34. The van der Waals surface area contributed by atoms with Gasteiger partial charge in [-0.2, -0.15) is 18.4 Å². The number of carbonyl (C=O) groups is 2. The molecule has 0 heterocycles. The van der Waals surface area contributed by atoms with Gasteiger partial charge in [-0.1, -0.05) is 0 Å². The lowest BCUT2D eigenvalue weighted by Gasteiger charge is -2.27. The first-order valence-corrected chi connectivity index (χ1v) is 10.4. The van der Waals surface area contributed by atoms with Crippen LogP contribution in [0.1, 0.15) is 25.0 Å². The number of anilines is 1. The third kappa shape index (κ3) is 5.82. The standard InChI is InChI=1S/C20H16F4N2O5S/c1-12(27)31-19(2,11-32(29,30)16-7-4-14(21)5-8-16)18(28)26-15-6-3-13(10-25)17(9-15)20(22,23)24/h3-9H,11H2,1-2H3,(H,26,28). The van der Waals surface area contributed by atoms with Crippen LogP contribution in [-0.4, -0.2) is 31.6 Å². The number of alkyl halides is 3. The molecule has 0 spiro atoms. The van der Waals surface area contributed by atoms with E-state index in [4.69, 9.17) is 10.00 Å². The number of amides is 1. The Morgan fingerprint density at radius 1 is 1.12 bits per heavy atom. The minimum absolute atomic E-state index is 0.359. The molecule has 32 heavy (non-hydrogen) atoms. The summed E-state index contributed by atoms with van der Waals surface area (Å²) >= 11 is 0. The minimum Gasteiger partial charge on any atom is -0.448 e. The van der Waals surface area contributed by atoms with Crippen molar-refractivity contribution in [2.24, 2.45) is 0 Å². The SMILES string of the molecule is CC(=O)OC(C)(CS(=O)(=O)c1ccc(F)cc1)C(=O)Nc1ccc(C#N)c(C(F)(F)F)c1. The zero-order valence-electron chi connectivity index (χ0n) is 16.7. The summed E-state index contributed by atoms with van der Waals surface area (Å²) < 4.78 is 82.9. The van der Waals surface area contributed by atoms with E-state index in [1.807, 2.05) is 0 Å². The first kappa shape index (κ1) is 24.8. The summed E-state index contributed by atoms with van der Waals surface area (Å²) in [7, 11) is -4.29. The molecule has 7 nitrogen and oxygen atoms in total. The van der Waals surface area contributed by atoms with Crippen LogP contribution in [0.3, 0.4) is 0 Å². The van der Waals surface area contributed by atoms with Crippen LogP contribution in [0, 0.1) is 17.1 Å². The largest absolute Gasteiger partial charge is 0.448 e. The van der Waals surface area contributed by atoms with Crippen LogP contribution >= 0.6 is 0 Å². The van der Waals surface area contributed by atoms with E-state index in [1.165, 1.54) is 6.07 Å². The van der Waals surface area contributed by atoms with Crippen LogP contribution in [0.5, 0.6) is 0 Å². The molecular weight excluding hydrogens is 456 g/mol. The molecule has 0 radical (unpaired) electrons. The highest BCUT2D eigenvalue weighted by molar-refractivity contribution is 7.91. The number of ether oxygens (including phenoxy) is 1. The summed E-state index contributed by atoms with van der Waals surface area (Å²) in [5, 5.41) is 10.9. The van der Waals surface area contributed by atoms with Crippen LogP contribution in [0.2, 0.25) is 0 Å².